The van der Waals surface area contributed by atoms with E-state index in [4.69, 9.17) is 4.42 Å². The number of carbonyl (C=O) groups is 1. The largest absolute Gasteiger partial charge is 0.509 e. The SMILES string of the molecule is CC(C)CC1NC(=O)C(SCc2ccco2)=C1O. The van der Waals surface area contributed by atoms with Crippen LogP contribution in [0.1, 0.15) is 26.0 Å². The lowest BCUT2D eigenvalue weighted by atomic mass is 10.0. The van der Waals surface area contributed by atoms with E-state index in [-0.39, 0.29) is 17.7 Å². The molecule has 0 fully saturated rings. The minimum atomic E-state index is -0.239. The molecule has 1 aliphatic rings. The fraction of sp³-hybridized carbons (Fsp3) is 0.462. The fourth-order valence-electron chi connectivity index (χ4n) is 1.89. The quantitative estimate of drug-likeness (QED) is 0.861. The van der Waals surface area contributed by atoms with E-state index in [1.807, 2.05) is 6.07 Å². The van der Waals surface area contributed by atoms with Crippen molar-refractivity contribution >= 4 is 17.7 Å². The summed E-state index contributed by atoms with van der Waals surface area (Å²) in [5.74, 6) is 1.75. The van der Waals surface area contributed by atoms with Crippen LogP contribution in [0.15, 0.2) is 33.5 Å². The van der Waals surface area contributed by atoms with Crippen molar-refractivity contribution in [3.63, 3.8) is 0 Å². The van der Waals surface area contributed by atoms with Gasteiger partial charge in [-0.25, -0.2) is 0 Å². The molecule has 2 heterocycles. The Morgan fingerprint density at radius 1 is 1.56 bits per heavy atom. The maximum Gasteiger partial charge on any atom is 0.261 e. The first-order valence-electron chi connectivity index (χ1n) is 5.97. The van der Waals surface area contributed by atoms with E-state index in [0.29, 0.717) is 16.6 Å². The van der Waals surface area contributed by atoms with Crippen LogP contribution in [0.5, 0.6) is 0 Å². The number of hydrogen-bond acceptors (Lipinski definition) is 4. The summed E-state index contributed by atoms with van der Waals surface area (Å²) in [4.78, 5) is 12.2. The number of nitrogens with one attached hydrogen (secondary N) is 1. The van der Waals surface area contributed by atoms with E-state index in [1.165, 1.54) is 11.8 Å². The molecule has 0 radical (unpaired) electrons. The van der Waals surface area contributed by atoms with Gasteiger partial charge in [0.25, 0.3) is 5.91 Å². The number of furan rings is 1. The highest BCUT2D eigenvalue weighted by Crippen LogP contribution is 2.30. The number of thioether (sulfide) groups is 1. The Morgan fingerprint density at radius 2 is 2.33 bits per heavy atom. The summed E-state index contributed by atoms with van der Waals surface area (Å²) in [5, 5.41) is 12.8. The Morgan fingerprint density at radius 3 is 2.94 bits per heavy atom. The van der Waals surface area contributed by atoms with E-state index in [2.05, 4.69) is 19.2 Å². The first-order valence-corrected chi connectivity index (χ1v) is 6.95. The van der Waals surface area contributed by atoms with Crippen LogP contribution in [-0.2, 0) is 10.5 Å². The van der Waals surface area contributed by atoms with Crippen molar-refractivity contribution in [2.24, 2.45) is 5.92 Å². The molecule has 0 bridgehead atoms. The zero-order chi connectivity index (χ0) is 13.1. The molecular formula is C13H17NO3S. The molecule has 1 unspecified atom stereocenters. The zero-order valence-electron chi connectivity index (χ0n) is 10.5. The second kappa shape index (κ2) is 5.52. The van der Waals surface area contributed by atoms with Gasteiger partial charge in [0, 0.05) is 0 Å². The average molecular weight is 267 g/mol. The summed E-state index contributed by atoms with van der Waals surface area (Å²) < 4.78 is 5.20. The van der Waals surface area contributed by atoms with E-state index >= 15 is 0 Å². The molecule has 0 saturated heterocycles. The maximum atomic E-state index is 11.8. The van der Waals surface area contributed by atoms with Crippen LogP contribution in [0.3, 0.4) is 0 Å². The molecule has 1 aliphatic heterocycles. The molecule has 98 valence electrons. The fourth-order valence-corrected chi connectivity index (χ4v) is 2.82. The van der Waals surface area contributed by atoms with Crippen LogP contribution in [-0.4, -0.2) is 17.1 Å². The average Bonchev–Trinajstić information content (AvgIpc) is 2.87. The molecule has 1 atom stereocenters. The highest BCUT2D eigenvalue weighted by molar-refractivity contribution is 8.03. The van der Waals surface area contributed by atoms with Crippen molar-refractivity contribution in [3.05, 3.63) is 34.8 Å². The third-order valence-electron chi connectivity index (χ3n) is 2.72. The molecular weight excluding hydrogens is 250 g/mol. The molecule has 2 N–H and O–H groups in total. The minimum absolute atomic E-state index is 0.172. The number of hydrogen-bond donors (Lipinski definition) is 2. The molecule has 5 heteroatoms. The second-order valence-corrected chi connectivity index (χ2v) is 5.72. The van der Waals surface area contributed by atoms with Gasteiger partial charge >= 0.3 is 0 Å². The Hall–Kier alpha value is -1.36. The lowest BCUT2D eigenvalue weighted by Gasteiger charge is -2.12. The molecule has 4 nitrogen and oxygen atoms in total. The smallest absolute Gasteiger partial charge is 0.261 e. The second-order valence-electron chi connectivity index (χ2n) is 4.74. The van der Waals surface area contributed by atoms with E-state index in [0.717, 1.165) is 12.2 Å². The Kier molecular flexibility index (Phi) is 4.01. The van der Waals surface area contributed by atoms with Crippen LogP contribution in [0.25, 0.3) is 0 Å². The number of aliphatic hydroxyl groups is 1. The van der Waals surface area contributed by atoms with Crippen molar-refractivity contribution in [3.8, 4) is 0 Å². The van der Waals surface area contributed by atoms with Gasteiger partial charge < -0.3 is 14.8 Å². The summed E-state index contributed by atoms with van der Waals surface area (Å²) in [7, 11) is 0. The van der Waals surface area contributed by atoms with Crippen LogP contribution in [0, 0.1) is 5.92 Å². The molecule has 0 aliphatic carbocycles. The van der Waals surface area contributed by atoms with Crippen molar-refractivity contribution < 1.29 is 14.3 Å². The minimum Gasteiger partial charge on any atom is -0.509 e. The predicted molar refractivity (Wildman–Crippen MR) is 71.0 cm³/mol. The van der Waals surface area contributed by atoms with Gasteiger partial charge in [0.1, 0.15) is 16.4 Å². The van der Waals surface area contributed by atoms with E-state index < -0.39 is 0 Å². The molecule has 1 aromatic rings. The van der Waals surface area contributed by atoms with Crippen molar-refractivity contribution in [1.29, 1.82) is 0 Å². The summed E-state index contributed by atoms with van der Waals surface area (Å²) in [6.45, 7) is 4.13. The first-order chi connectivity index (χ1) is 8.58. The maximum absolute atomic E-state index is 11.8. The first kappa shape index (κ1) is 13.1. The molecule has 0 aromatic carbocycles. The van der Waals surface area contributed by atoms with Gasteiger partial charge in [-0.15, -0.1) is 11.8 Å². The molecule has 0 spiro atoms. The van der Waals surface area contributed by atoms with Gasteiger partial charge in [-0.2, -0.15) is 0 Å². The van der Waals surface area contributed by atoms with Gasteiger partial charge in [-0.1, -0.05) is 13.8 Å². The van der Waals surface area contributed by atoms with Crippen LogP contribution in [0.4, 0.5) is 0 Å². The van der Waals surface area contributed by atoms with Crippen LogP contribution >= 0.6 is 11.8 Å². The molecule has 1 aromatic heterocycles. The number of amides is 1. The third kappa shape index (κ3) is 2.90. The van der Waals surface area contributed by atoms with Crippen molar-refractivity contribution in [2.75, 3.05) is 0 Å². The molecule has 18 heavy (non-hydrogen) atoms. The van der Waals surface area contributed by atoms with Gasteiger partial charge in [-0.05, 0) is 24.5 Å². The third-order valence-corrected chi connectivity index (χ3v) is 3.83. The van der Waals surface area contributed by atoms with Gasteiger partial charge in [-0.3, -0.25) is 4.79 Å². The summed E-state index contributed by atoms with van der Waals surface area (Å²) in [6, 6.07) is 3.42. The number of rotatable bonds is 5. The lowest BCUT2D eigenvalue weighted by molar-refractivity contribution is -0.116. The van der Waals surface area contributed by atoms with Gasteiger partial charge in [0.05, 0.1) is 18.1 Å². The highest BCUT2D eigenvalue weighted by atomic mass is 32.2. The van der Waals surface area contributed by atoms with Crippen molar-refractivity contribution in [2.45, 2.75) is 32.1 Å². The standard InChI is InChI=1S/C13H17NO3S/c1-8(2)6-10-11(15)12(13(16)14-10)18-7-9-4-3-5-17-9/h3-5,8,10,15H,6-7H2,1-2H3,(H,14,16). The summed E-state index contributed by atoms with van der Waals surface area (Å²) in [6.07, 6.45) is 2.35. The summed E-state index contributed by atoms with van der Waals surface area (Å²) >= 11 is 1.31. The topological polar surface area (TPSA) is 62.5 Å². The zero-order valence-corrected chi connectivity index (χ0v) is 11.3. The Balaban J connectivity index is 2.01. The Bertz CT molecular complexity index is 451. The number of carbonyl (C=O) groups excluding carboxylic acids is 1. The van der Waals surface area contributed by atoms with Crippen molar-refractivity contribution in [1.82, 2.24) is 5.32 Å². The predicted octanol–water partition coefficient (Wildman–Crippen LogP) is 2.83. The molecule has 0 saturated carbocycles. The normalized spacial score (nSPS) is 19.7. The van der Waals surface area contributed by atoms with E-state index in [1.54, 1.807) is 12.3 Å². The monoisotopic (exact) mass is 267 g/mol. The highest BCUT2D eigenvalue weighted by Gasteiger charge is 2.32. The van der Waals surface area contributed by atoms with Gasteiger partial charge in [0.2, 0.25) is 0 Å². The van der Waals surface area contributed by atoms with Gasteiger partial charge in [0.15, 0.2) is 0 Å². The molecule has 1 amide bonds. The van der Waals surface area contributed by atoms with E-state index in [9.17, 15) is 9.90 Å². The lowest BCUT2D eigenvalue weighted by Crippen LogP contribution is -2.30. The van der Waals surface area contributed by atoms with Crippen LogP contribution < -0.4 is 5.32 Å². The van der Waals surface area contributed by atoms with Crippen LogP contribution in [0.2, 0.25) is 0 Å². The molecule has 2 rings (SSSR count). The Labute approximate surface area is 110 Å². The summed E-state index contributed by atoms with van der Waals surface area (Å²) in [5.41, 5.74) is 0. The number of aliphatic hydroxyl groups excluding tert-OH is 1.